The van der Waals surface area contributed by atoms with E-state index in [4.69, 9.17) is 21.3 Å². The topological polar surface area (TPSA) is 132 Å². The number of pyridine rings is 2. The highest BCUT2D eigenvalue weighted by Gasteiger charge is 2.28. The summed E-state index contributed by atoms with van der Waals surface area (Å²) >= 11 is 6.41. The highest BCUT2D eigenvalue weighted by atomic mass is 35.5. The Bertz CT molecular complexity index is 4040. The average molecular weight is 888 g/mol. The number of halogens is 2. The molecule has 0 unspecified atom stereocenters. The van der Waals surface area contributed by atoms with Gasteiger partial charge in [-0.15, -0.1) is 0 Å². The van der Waals surface area contributed by atoms with Crippen LogP contribution < -0.4 is 20.8 Å². The maximum Gasteiger partial charge on any atom is 0.408 e. The van der Waals surface area contributed by atoms with E-state index >= 15 is 0 Å². The van der Waals surface area contributed by atoms with Gasteiger partial charge in [0.25, 0.3) is 11.2 Å². The standard InChI is InChI=1S/C52H35ClFN9O3/c1-29-6-8-31(24-55)18-44(29)63-50-39-22-35(36-10-14-40(53)48(23-36)66-5)13-17-43(39)61(28-47(50)60(4)52(63)65)58-26-32-9-7-30(2)45(19-32)62-49-38-21-34(33-11-15-41(54)37(20-33)25-56)12-16-42(38)57-27-46(49)59(3)51(62)64/h6-23,27-28H,1-5H3/q+2. The molecule has 0 saturated carbocycles. The lowest BCUT2D eigenvalue weighted by molar-refractivity contribution is -0.580. The van der Waals surface area contributed by atoms with Crippen molar-refractivity contribution in [3.8, 4) is 57.6 Å². The smallest absolute Gasteiger partial charge is 0.408 e. The molecule has 0 aliphatic carbocycles. The highest BCUT2D eigenvalue weighted by Crippen LogP contribution is 2.35. The van der Waals surface area contributed by atoms with E-state index in [0.29, 0.717) is 82.7 Å². The van der Waals surface area contributed by atoms with E-state index in [0.717, 1.165) is 27.8 Å². The van der Waals surface area contributed by atoms with Crippen LogP contribution in [-0.2, 0) is 14.1 Å². The molecule has 14 heteroatoms. The molecule has 0 bridgehead atoms. The zero-order chi connectivity index (χ0) is 46.1. The van der Waals surface area contributed by atoms with Crippen LogP contribution in [0.3, 0.4) is 0 Å². The van der Waals surface area contributed by atoms with Crippen molar-refractivity contribution in [3.05, 3.63) is 186 Å². The molecular formula is C52H35ClFN9O3+2. The van der Waals surface area contributed by atoms with E-state index in [1.807, 2.05) is 92.7 Å². The van der Waals surface area contributed by atoms with Gasteiger partial charge in [0, 0.05) is 25.5 Å². The lowest BCUT2D eigenvalue weighted by atomic mass is 10.0. The number of hydrogen-bond donors (Lipinski definition) is 0. The molecule has 0 radical (unpaired) electrons. The minimum atomic E-state index is -0.603. The predicted molar refractivity (Wildman–Crippen MR) is 253 cm³/mol. The summed E-state index contributed by atoms with van der Waals surface area (Å²) in [7, 11) is 4.95. The lowest BCUT2D eigenvalue weighted by Crippen LogP contribution is -2.26. The van der Waals surface area contributed by atoms with E-state index in [1.54, 1.807) is 80.8 Å². The van der Waals surface area contributed by atoms with Crippen LogP contribution in [0.2, 0.25) is 5.02 Å². The molecule has 0 spiro atoms. The van der Waals surface area contributed by atoms with Crippen LogP contribution in [0.25, 0.3) is 82.5 Å². The van der Waals surface area contributed by atoms with E-state index < -0.39 is 5.82 Å². The molecule has 0 saturated heterocycles. The van der Waals surface area contributed by atoms with Crippen LogP contribution in [0.1, 0.15) is 27.8 Å². The Hall–Kier alpha value is -8.83. The summed E-state index contributed by atoms with van der Waals surface area (Å²) in [5.74, 6) is -0.0884. The minimum Gasteiger partial charge on any atom is -0.495 e. The number of hydrogen-bond acceptors (Lipinski definition) is 6. The van der Waals surface area contributed by atoms with Crippen molar-refractivity contribution in [2.75, 3.05) is 7.11 Å². The van der Waals surface area contributed by atoms with Gasteiger partial charge < -0.3 is 4.74 Å². The van der Waals surface area contributed by atoms with Gasteiger partial charge in [-0.3, -0.25) is 23.3 Å². The number of methoxy groups -OCH3 is 1. The first kappa shape index (κ1) is 41.2. The second-order valence-corrected chi connectivity index (χ2v) is 16.4. The molecule has 0 N–H and O–H groups in total. The Morgan fingerprint density at radius 1 is 0.697 bits per heavy atom. The second-order valence-electron chi connectivity index (χ2n) is 16.0. The Balaban J connectivity index is 1.17. The maximum atomic E-state index is 14.3. The molecule has 4 heterocycles. The number of ether oxygens (including phenoxy) is 1. The van der Waals surface area contributed by atoms with E-state index in [2.05, 4.69) is 17.1 Å². The van der Waals surface area contributed by atoms with Gasteiger partial charge in [0.05, 0.1) is 74.4 Å². The molecule has 6 aromatic carbocycles. The predicted octanol–water partition coefficient (Wildman–Crippen LogP) is 9.60. The molecule has 0 aliphatic rings. The van der Waals surface area contributed by atoms with Crippen LogP contribution in [0.15, 0.2) is 131 Å². The molecular weight excluding hydrogens is 853 g/mol. The van der Waals surface area contributed by atoms with Gasteiger partial charge in [-0.2, -0.15) is 10.5 Å². The fourth-order valence-corrected chi connectivity index (χ4v) is 8.80. The first-order valence-corrected chi connectivity index (χ1v) is 21.0. The van der Waals surface area contributed by atoms with E-state index in [-0.39, 0.29) is 16.9 Å². The fraction of sp³-hybridized carbons (Fsp3) is 0.0962. The van der Waals surface area contributed by atoms with Crippen LogP contribution >= 0.6 is 11.6 Å². The molecule has 12 nitrogen and oxygen atoms in total. The molecule has 0 fully saturated rings. The summed E-state index contributed by atoms with van der Waals surface area (Å²) in [6, 6.07) is 39.6. The van der Waals surface area contributed by atoms with Crippen molar-refractivity contribution in [2.24, 2.45) is 14.1 Å². The molecule has 10 aromatic rings. The number of aromatic nitrogens is 6. The van der Waals surface area contributed by atoms with Crippen molar-refractivity contribution in [1.29, 1.82) is 10.5 Å². The van der Waals surface area contributed by atoms with Crippen molar-refractivity contribution < 1.29 is 13.8 Å². The summed E-state index contributed by atoms with van der Waals surface area (Å²) in [5.41, 5.74) is 9.85. The van der Waals surface area contributed by atoms with Gasteiger partial charge in [-0.25, -0.2) is 14.0 Å². The average Bonchev–Trinajstić information content (AvgIpc) is 3.74. The Kier molecular flexibility index (Phi) is 9.83. The van der Waals surface area contributed by atoms with E-state index in [1.165, 1.54) is 12.1 Å². The SMILES string of the molecule is COc1cc(-c2ccc3c(c2)c2c(c[n+]3[N+]#Cc3ccc(C)c(-n4c(=O)n(C)c5cnc6ccc(-c7ccc(F)c(C#N)c7)cc6c54)c3)n(C)c(=O)n2-c2cc(C#N)ccc2C)ccc1Cl. The third-order valence-corrected chi connectivity index (χ3v) is 12.5. The van der Waals surface area contributed by atoms with Crippen LogP contribution in [0.5, 0.6) is 5.75 Å². The van der Waals surface area contributed by atoms with Crippen LogP contribution in [0, 0.1) is 48.4 Å². The number of benzene rings is 6. The third kappa shape index (κ3) is 6.55. The summed E-state index contributed by atoms with van der Waals surface area (Å²) in [6.45, 7) is 3.82. The van der Waals surface area contributed by atoms with Crippen molar-refractivity contribution in [3.63, 3.8) is 0 Å². The minimum absolute atomic E-state index is 0.0689. The van der Waals surface area contributed by atoms with Gasteiger partial charge in [0.2, 0.25) is 0 Å². The molecule has 0 amide bonds. The zero-order valence-corrected chi connectivity index (χ0v) is 36.8. The second kappa shape index (κ2) is 15.8. The quantitative estimate of drug-likeness (QED) is 0.158. The normalized spacial score (nSPS) is 11.2. The summed E-state index contributed by atoms with van der Waals surface area (Å²) in [5, 5.41) is 21.2. The van der Waals surface area contributed by atoms with Crippen LogP contribution in [0.4, 0.5) is 4.39 Å². The van der Waals surface area contributed by atoms with Crippen molar-refractivity contribution >= 4 is 55.5 Å². The van der Waals surface area contributed by atoms with Gasteiger partial charge in [-0.1, -0.05) is 41.9 Å². The highest BCUT2D eigenvalue weighted by molar-refractivity contribution is 6.32. The summed E-state index contributed by atoms with van der Waals surface area (Å²) in [6.07, 6.45) is 3.45. The summed E-state index contributed by atoms with van der Waals surface area (Å²) < 4.78 is 27.9. The van der Waals surface area contributed by atoms with Gasteiger partial charge in [0.1, 0.15) is 28.7 Å². The Labute approximate surface area is 380 Å². The monoisotopic (exact) mass is 887 g/mol. The van der Waals surface area contributed by atoms with Crippen molar-refractivity contribution in [1.82, 2.24) is 23.3 Å². The van der Waals surface area contributed by atoms with E-state index in [9.17, 15) is 24.5 Å². The number of imidazole rings is 2. The molecule has 318 valence electrons. The first-order chi connectivity index (χ1) is 31.9. The Morgan fingerprint density at radius 3 is 1.98 bits per heavy atom. The molecule has 66 heavy (non-hydrogen) atoms. The van der Waals surface area contributed by atoms with Crippen molar-refractivity contribution in [2.45, 2.75) is 13.8 Å². The van der Waals surface area contributed by atoms with Crippen LogP contribution in [-0.4, -0.2) is 30.4 Å². The third-order valence-electron chi connectivity index (χ3n) is 12.2. The Morgan fingerprint density at radius 2 is 1.29 bits per heavy atom. The molecule has 0 aliphatic heterocycles. The summed E-state index contributed by atoms with van der Waals surface area (Å²) in [4.78, 5) is 38.1. The zero-order valence-electron chi connectivity index (χ0n) is 36.1. The molecule has 0 atom stereocenters. The molecule has 10 rings (SSSR count). The number of fused-ring (bicyclic) bond motifs is 6. The number of nitriles is 2. The largest absolute Gasteiger partial charge is 0.495 e. The number of rotatable bonds is 5. The van der Waals surface area contributed by atoms with Gasteiger partial charge in [-0.05, 0) is 120 Å². The fourth-order valence-electron chi connectivity index (χ4n) is 8.61. The lowest BCUT2D eigenvalue weighted by Gasteiger charge is -2.10. The van der Waals surface area contributed by atoms with Gasteiger partial charge in [0.15, 0.2) is 4.68 Å². The van der Waals surface area contributed by atoms with Gasteiger partial charge >= 0.3 is 23.0 Å². The maximum absolute atomic E-state index is 14.3. The number of aryl methyl sites for hydroxylation is 4. The first-order valence-electron chi connectivity index (χ1n) is 20.6. The molecule has 4 aromatic heterocycles. The number of nitrogens with zero attached hydrogens (tertiary/aromatic N) is 9.